The number of nitrogens with two attached hydrogens (primary N) is 1. The summed E-state index contributed by atoms with van der Waals surface area (Å²) in [5, 5.41) is 8.64. The summed E-state index contributed by atoms with van der Waals surface area (Å²) in [7, 11) is 0. The van der Waals surface area contributed by atoms with Gasteiger partial charge in [-0.15, -0.1) is 11.6 Å². The summed E-state index contributed by atoms with van der Waals surface area (Å²) >= 11 is 5.79. The van der Waals surface area contributed by atoms with Crippen molar-refractivity contribution in [3.8, 4) is 0 Å². The molecule has 66 valence electrons. The van der Waals surface area contributed by atoms with E-state index in [1.54, 1.807) is 6.92 Å². The van der Waals surface area contributed by atoms with E-state index in [2.05, 4.69) is 0 Å². The molecule has 4 heteroatoms. The number of primary amides is 1. The summed E-state index contributed by atoms with van der Waals surface area (Å²) in [6.07, 6.45) is 2.90. The van der Waals surface area contributed by atoms with Gasteiger partial charge in [0.05, 0.1) is 5.38 Å². The van der Waals surface area contributed by atoms with Crippen LogP contribution in [0.3, 0.4) is 0 Å². The number of amides is 1. The second kappa shape index (κ2) is 3.19. The first kappa shape index (κ1) is 9.13. The van der Waals surface area contributed by atoms with Crippen molar-refractivity contribution >= 4 is 17.5 Å². The lowest BCUT2D eigenvalue weighted by molar-refractivity contribution is -0.115. The van der Waals surface area contributed by atoms with Crippen molar-refractivity contribution in [3.05, 3.63) is 23.5 Å². The van der Waals surface area contributed by atoms with Crippen LogP contribution in [-0.2, 0) is 4.79 Å². The lowest BCUT2D eigenvalue weighted by Gasteiger charge is -2.21. The maximum absolute atomic E-state index is 10.8. The minimum Gasteiger partial charge on any atom is -0.511 e. The monoisotopic (exact) mass is 187 g/mol. The number of hydrogen-bond acceptors (Lipinski definition) is 2. The van der Waals surface area contributed by atoms with E-state index in [9.17, 15) is 9.90 Å². The number of alkyl halides is 1. The van der Waals surface area contributed by atoms with Gasteiger partial charge in [-0.05, 0) is 12.2 Å². The minimum atomic E-state index is -0.544. The molecular weight excluding hydrogens is 178 g/mol. The Morgan fingerprint density at radius 3 is 2.75 bits per heavy atom. The summed E-state index contributed by atoms with van der Waals surface area (Å²) < 4.78 is 0. The zero-order valence-electron chi connectivity index (χ0n) is 6.62. The smallest absolute Gasteiger partial charge is 0.244 e. The maximum Gasteiger partial charge on any atom is 0.244 e. The fourth-order valence-corrected chi connectivity index (χ4v) is 1.35. The zero-order chi connectivity index (χ0) is 9.30. The van der Waals surface area contributed by atoms with Gasteiger partial charge in [0.1, 0.15) is 5.76 Å². The molecule has 0 aromatic heterocycles. The van der Waals surface area contributed by atoms with E-state index in [-0.39, 0.29) is 11.7 Å². The van der Waals surface area contributed by atoms with E-state index in [1.165, 1.54) is 12.2 Å². The Hall–Kier alpha value is -0.960. The van der Waals surface area contributed by atoms with Crippen LogP contribution in [0.25, 0.3) is 0 Å². The Balaban J connectivity index is 2.97. The molecule has 0 saturated heterocycles. The third-order valence-corrected chi connectivity index (χ3v) is 2.53. The Kier molecular flexibility index (Phi) is 2.43. The highest BCUT2D eigenvalue weighted by Gasteiger charge is 2.27. The van der Waals surface area contributed by atoms with E-state index in [4.69, 9.17) is 17.3 Å². The standard InChI is InChI=1S/C8H10ClNO2/c1-4-5(8(10)12)2-3-6(11)7(4)9/h2-4,7,11H,1H3,(H2,10,12). The van der Waals surface area contributed by atoms with Gasteiger partial charge in [-0.2, -0.15) is 0 Å². The number of hydrogen-bond donors (Lipinski definition) is 2. The highest BCUT2D eigenvalue weighted by molar-refractivity contribution is 6.23. The van der Waals surface area contributed by atoms with Crippen LogP contribution in [0, 0.1) is 5.92 Å². The molecule has 0 heterocycles. The number of halogens is 1. The molecule has 0 radical (unpaired) electrons. The molecule has 1 aliphatic carbocycles. The fraction of sp³-hybridized carbons (Fsp3) is 0.375. The molecule has 3 nitrogen and oxygen atoms in total. The van der Waals surface area contributed by atoms with Gasteiger partial charge in [0.25, 0.3) is 0 Å². The van der Waals surface area contributed by atoms with Crippen molar-refractivity contribution in [2.75, 3.05) is 0 Å². The van der Waals surface area contributed by atoms with E-state index >= 15 is 0 Å². The van der Waals surface area contributed by atoms with Crippen LogP contribution in [0.1, 0.15) is 6.92 Å². The van der Waals surface area contributed by atoms with Gasteiger partial charge in [-0.1, -0.05) is 6.92 Å². The number of carbonyl (C=O) groups is 1. The molecule has 1 rings (SSSR count). The van der Waals surface area contributed by atoms with Gasteiger partial charge in [0.15, 0.2) is 0 Å². The lowest BCUT2D eigenvalue weighted by Crippen LogP contribution is -2.27. The van der Waals surface area contributed by atoms with Gasteiger partial charge < -0.3 is 10.8 Å². The maximum atomic E-state index is 10.8. The van der Waals surface area contributed by atoms with Gasteiger partial charge in [0.2, 0.25) is 5.91 Å². The molecule has 2 unspecified atom stereocenters. The summed E-state index contributed by atoms with van der Waals surface area (Å²) in [5.74, 6) is -0.639. The molecule has 3 N–H and O–H groups in total. The topological polar surface area (TPSA) is 63.3 Å². The number of aliphatic hydroxyl groups is 1. The molecule has 0 bridgehead atoms. The normalized spacial score (nSPS) is 29.2. The van der Waals surface area contributed by atoms with Crippen molar-refractivity contribution in [2.45, 2.75) is 12.3 Å². The van der Waals surface area contributed by atoms with Crippen LogP contribution in [0.15, 0.2) is 23.5 Å². The molecule has 0 fully saturated rings. The quantitative estimate of drug-likeness (QED) is 0.604. The van der Waals surface area contributed by atoms with Crippen molar-refractivity contribution in [3.63, 3.8) is 0 Å². The van der Waals surface area contributed by atoms with E-state index in [1.807, 2.05) is 0 Å². The first-order valence-corrected chi connectivity index (χ1v) is 4.02. The Bertz CT molecular complexity index is 270. The predicted octanol–water partition coefficient (Wildman–Crippen LogP) is 1.10. The zero-order valence-corrected chi connectivity index (χ0v) is 7.38. The highest BCUT2D eigenvalue weighted by Crippen LogP contribution is 2.27. The first-order valence-electron chi connectivity index (χ1n) is 3.58. The molecule has 0 saturated carbocycles. The number of carbonyl (C=O) groups excluding carboxylic acids is 1. The SMILES string of the molecule is CC1C(C(N)=O)=CC=C(O)C1Cl. The van der Waals surface area contributed by atoms with Crippen molar-refractivity contribution < 1.29 is 9.90 Å². The highest BCUT2D eigenvalue weighted by atomic mass is 35.5. The first-order chi connectivity index (χ1) is 5.54. The third-order valence-electron chi connectivity index (χ3n) is 1.93. The van der Waals surface area contributed by atoms with E-state index in [0.717, 1.165) is 0 Å². The molecular formula is C8H10ClNO2. The second-order valence-corrected chi connectivity index (χ2v) is 3.24. The van der Waals surface area contributed by atoms with Crippen LogP contribution in [0.2, 0.25) is 0 Å². The Morgan fingerprint density at radius 2 is 2.25 bits per heavy atom. The van der Waals surface area contributed by atoms with Gasteiger partial charge in [-0.25, -0.2) is 0 Å². The Morgan fingerprint density at radius 1 is 1.67 bits per heavy atom. The van der Waals surface area contributed by atoms with Crippen molar-refractivity contribution in [2.24, 2.45) is 11.7 Å². The fourth-order valence-electron chi connectivity index (χ4n) is 1.14. The number of rotatable bonds is 1. The second-order valence-electron chi connectivity index (χ2n) is 2.77. The molecule has 0 aliphatic heterocycles. The van der Waals surface area contributed by atoms with E-state index < -0.39 is 11.3 Å². The van der Waals surface area contributed by atoms with Gasteiger partial charge in [0, 0.05) is 11.5 Å². The Labute approximate surface area is 75.5 Å². The van der Waals surface area contributed by atoms with Crippen LogP contribution in [0.5, 0.6) is 0 Å². The van der Waals surface area contributed by atoms with Crippen LogP contribution in [0.4, 0.5) is 0 Å². The lowest BCUT2D eigenvalue weighted by atomic mass is 9.91. The van der Waals surface area contributed by atoms with Crippen LogP contribution >= 0.6 is 11.6 Å². The minimum absolute atomic E-state index is 0.0779. The third kappa shape index (κ3) is 1.46. The molecule has 12 heavy (non-hydrogen) atoms. The van der Waals surface area contributed by atoms with Gasteiger partial charge >= 0.3 is 0 Å². The average molecular weight is 188 g/mol. The summed E-state index contributed by atoms with van der Waals surface area (Å²) in [4.78, 5) is 10.8. The number of allylic oxidation sites excluding steroid dienone is 3. The van der Waals surface area contributed by atoms with Crippen LogP contribution in [-0.4, -0.2) is 16.4 Å². The average Bonchev–Trinajstić information content (AvgIpc) is 2.00. The number of aliphatic hydroxyl groups excluding tert-OH is 1. The summed E-state index contributed by atoms with van der Waals surface area (Å²) in [5.41, 5.74) is 5.54. The summed E-state index contributed by atoms with van der Waals surface area (Å²) in [6, 6.07) is 0. The molecule has 0 spiro atoms. The molecule has 1 aliphatic rings. The molecule has 2 atom stereocenters. The van der Waals surface area contributed by atoms with E-state index in [0.29, 0.717) is 5.57 Å². The van der Waals surface area contributed by atoms with Crippen LogP contribution < -0.4 is 5.73 Å². The predicted molar refractivity (Wildman–Crippen MR) is 46.8 cm³/mol. The van der Waals surface area contributed by atoms with Gasteiger partial charge in [-0.3, -0.25) is 4.79 Å². The van der Waals surface area contributed by atoms with Crippen molar-refractivity contribution in [1.29, 1.82) is 0 Å². The molecule has 1 amide bonds. The molecule has 0 aromatic rings. The molecule has 0 aromatic carbocycles. The summed E-state index contributed by atoms with van der Waals surface area (Å²) in [6.45, 7) is 1.75. The van der Waals surface area contributed by atoms with Crippen molar-refractivity contribution in [1.82, 2.24) is 0 Å². The largest absolute Gasteiger partial charge is 0.511 e.